The van der Waals surface area contributed by atoms with Gasteiger partial charge in [0.15, 0.2) is 0 Å². The van der Waals surface area contributed by atoms with Crippen molar-refractivity contribution in [3.63, 3.8) is 0 Å². The third kappa shape index (κ3) is 2.78. The van der Waals surface area contributed by atoms with Crippen LogP contribution in [0.4, 0.5) is 0 Å². The van der Waals surface area contributed by atoms with Gasteiger partial charge < -0.3 is 15.4 Å². The quantitative estimate of drug-likeness (QED) is 0.761. The standard InChI is InChI=1S/C11H13N3O2S/c12-10(17)9-7-14(5-6-16-9)11(15)8-3-1-2-4-13-8/h1-4,9H,5-7H2,(H2,12,17). The number of nitrogens with zero attached hydrogens (tertiary/aromatic N) is 2. The predicted octanol–water partition coefficient (Wildman–Crippen LogP) is 0.209. The smallest absolute Gasteiger partial charge is 0.272 e. The number of thiocarbonyl (C=S) groups is 1. The third-order valence-corrected chi connectivity index (χ3v) is 2.82. The summed E-state index contributed by atoms with van der Waals surface area (Å²) < 4.78 is 5.38. The Morgan fingerprint density at radius 2 is 2.41 bits per heavy atom. The van der Waals surface area contributed by atoms with Crippen molar-refractivity contribution in [3.05, 3.63) is 30.1 Å². The Balaban J connectivity index is 2.07. The van der Waals surface area contributed by atoms with Gasteiger partial charge in [-0.2, -0.15) is 0 Å². The third-order valence-electron chi connectivity index (χ3n) is 2.56. The second-order valence-corrected chi connectivity index (χ2v) is 4.20. The molecule has 2 rings (SSSR count). The van der Waals surface area contributed by atoms with Crippen molar-refractivity contribution in [3.8, 4) is 0 Å². The molecule has 0 radical (unpaired) electrons. The van der Waals surface area contributed by atoms with Crippen LogP contribution in [0.5, 0.6) is 0 Å². The van der Waals surface area contributed by atoms with Crippen LogP contribution in [-0.4, -0.2) is 46.6 Å². The monoisotopic (exact) mass is 251 g/mol. The topological polar surface area (TPSA) is 68.5 Å². The van der Waals surface area contributed by atoms with Crippen molar-refractivity contribution in [2.45, 2.75) is 6.10 Å². The zero-order chi connectivity index (χ0) is 12.3. The molecule has 1 atom stereocenters. The number of pyridine rings is 1. The van der Waals surface area contributed by atoms with Crippen LogP contribution in [0.3, 0.4) is 0 Å². The first-order chi connectivity index (χ1) is 8.18. The molecule has 2 N–H and O–H groups in total. The minimum absolute atomic E-state index is 0.116. The molecule has 1 aromatic rings. The summed E-state index contributed by atoms with van der Waals surface area (Å²) in [6.07, 6.45) is 1.24. The highest BCUT2D eigenvalue weighted by atomic mass is 32.1. The van der Waals surface area contributed by atoms with Crippen molar-refractivity contribution in [1.82, 2.24) is 9.88 Å². The molecule has 0 aliphatic carbocycles. The average Bonchev–Trinajstić information content (AvgIpc) is 2.39. The van der Waals surface area contributed by atoms with E-state index < -0.39 is 0 Å². The molecule has 1 aliphatic heterocycles. The summed E-state index contributed by atoms with van der Waals surface area (Å²) in [4.78, 5) is 18.1. The number of hydrogen-bond donors (Lipinski definition) is 1. The fourth-order valence-corrected chi connectivity index (χ4v) is 1.80. The van der Waals surface area contributed by atoms with E-state index >= 15 is 0 Å². The second-order valence-electron chi connectivity index (χ2n) is 3.73. The molecule has 1 aromatic heterocycles. The normalized spacial score (nSPS) is 20.0. The molecule has 90 valence electrons. The Kier molecular flexibility index (Phi) is 3.65. The van der Waals surface area contributed by atoms with Crippen molar-refractivity contribution in [2.75, 3.05) is 19.7 Å². The van der Waals surface area contributed by atoms with Gasteiger partial charge in [-0.3, -0.25) is 9.78 Å². The summed E-state index contributed by atoms with van der Waals surface area (Å²) in [7, 11) is 0. The van der Waals surface area contributed by atoms with E-state index in [4.69, 9.17) is 22.7 Å². The van der Waals surface area contributed by atoms with Crippen molar-refractivity contribution in [2.24, 2.45) is 5.73 Å². The van der Waals surface area contributed by atoms with Crippen molar-refractivity contribution < 1.29 is 9.53 Å². The van der Waals surface area contributed by atoms with Crippen LogP contribution in [0, 0.1) is 0 Å². The van der Waals surface area contributed by atoms with Gasteiger partial charge in [-0.1, -0.05) is 18.3 Å². The number of aromatic nitrogens is 1. The minimum Gasteiger partial charge on any atom is -0.391 e. The Morgan fingerprint density at radius 3 is 3.06 bits per heavy atom. The molecule has 1 saturated heterocycles. The Labute approximate surface area is 105 Å². The summed E-state index contributed by atoms with van der Waals surface area (Å²) >= 11 is 4.87. The zero-order valence-electron chi connectivity index (χ0n) is 9.20. The highest BCUT2D eigenvalue weighted by Gasteiger charge is 2.26. The Hall–Kier alpha value is -1.53. The van der Waals surface area contributed by atoms with Crippen LogP contribution >= 0.6 is 12.2 Å². The maximum atomic E-state index is 12.1. The van der Waals surface area contributed by atoms with Crippen LogP contribution in [0.25, 0.3) is 0 Å². The van der Waals surface area contributed by atoms with Crippen LogP contribution < -0.4 is 5.73 Å². The molecule has 0 saturated carbocycles. The summed E-state index contributed by atoms with van der Waals surface area (Å²) in [5.74, 6) is -0.116. The maximum absolute atomic E-state index is 12.1. The first-order valence-corrected chi connectivity index (χ1v) is 5.70. The van der Waals surface area contributed by atoms with Gasteiger partial charge in [0.2, 0.25) is 0 Å². The van der Waals surface area contributed by atoms with Gasteiger partial charge in [0.25, 0.3) is 5.91 Å². The lowest BCUT2D eigenvalue weighted by Gasteiger charge is -2.32. The Morgan fingerprint density at radius 1 is 1.59 bits per heavy atom. The van der Waals surface area contributed by atoms with Gasteiger partial charge >= 0.3 is 0 Å². The lowest BCUT2D eigenvalue weighted by molar-refractivity contribution is 0.00850. The number of hydrogen-bond acceptors (Lipinski definition) is 4. The van der Waals surface area contributed by atoms with Crippen molar-refractivity contribution in [1.29, 1.82) is 0 Å². The van der Waals surface area contributed by atoms with Crippen LogP contribution in [0.2, 0.25) is 0 Å². The largest absolute Gasteiger partial charge is 0.391 e. The average molecular weight is 251 g/mol. The summed E-state index contributed by atoms with van der Waals surface area (Å²) in [6.45, 7) is 1.37. The van der Waals surface area contributed by atoms with E-state index in [1.807, 2.05) is 0 Å². The molecule has 1 aliphatic rings. The fraction of sp³-hybridized carbons (Fsp3) is 0.364. The lowest BCUT2D eigenvalue weighted by Crippen LogP contribution is -2.50. The minimum atomic E-state index is -0.355. The van der Waals surface area contributed by atoms with E-state index in [0.29, 0.717) is 25.4 Å². The van der Waals surface area contributed by atoms with Crippen LogP contribution in [0.15, 0.2) is 24.4 Å². The summed E-state index contributed by atoms with van der Waals surface area (Å²) in [5, 5.41) is 0. The predicted molar refractivity (Wildman–Crippen MR) is 66.7 cm³/mol. The van der Waals surface area contributed by atoms with E-state index in [0.717, 1.165) is 0 Å². The SMILES string of the molecule is NC(=S)C1CN(C(=O)c2ccccn2)CCO1. The molecule has 0 spiro atoms. The van der Waals surface area contributed by atoms with E-state index in [-0.39, 0.29) is 17.0 Å². The molecule has 0 bridgehead atoms. The molecular formula is C11H13N3O2S. The fourth-order valence-electron chi connectivity index (χ4n) is 1.66. The molecule has 5 nitrogen and oxygen atoms in total. The van der Waals surface area contributed by atoms with E-state index in [2.05, 4.69) is 4.98 Å². The first kappa shape index (κ1) is 11.9. The highest BCUT2D eigenvalue weighted by molar-refractivity contribution is 7.80. The summed E-state index contributed by atoms with van der Waals surface area (Å²) in [6, 6.07) is 5.24. The molecule has 1 amide bonds. The molecular weight excluding hydrogens is 238 g/mol. The number of ether oxygens (including phenoxy) is 1. The highest BCUT2D eigenvalue weighted by Crippen LogP contribution is 2.09. The second kappa shape index (κ2) is 5.20. The number of morpholine rings is 1. The Bertz CT molecular complexity index is 424. The van der Waals surface area contributed by atoms with Gasteiger partial charge in [0.1, 0.15) is 16.8 Å². The van der Waals surface area contributed by atoms with Gasteiger partial charge in [-0.05, 0) is 12.1 Å². The van der Waals surface area contributed by atoms with E-state index in [1.165, 1.54) is 0 Å². The first-order valence-electron chi connectivity index (χ1n) is 5.29. The number of amides is 1. The molecule has 6 heteroatoms. The number of carbonyl (C=O) groups is 1. The number of rotatable bonds is 2. The van der Waals surface area contributed by atoms with Crippen molar-refractivity contribution >= 4 is 23.1 Å². The van der Waals surface area contributed by atoms with Gasteiger partial charge in [-0.25, -0.2) is 0 Å². The van der Waals surface area contributed by atoms with Crippen LogP contribution in [-0.2, 0) is 4.74 Å². The van der Waals surface area contributed by atoms with Gasteiger partial charge in [0.05, 0.1) is 13.2 Å². The number of carbonyl (C=O) groups excluding carboxylic acids is 1. The maximum Gasteiger partial charge on any atom is 0.272 e. The molecule has 1 fully saturated rings. The molecule has 17 heavy (non-hydrogen) atoms. The molecule has 2 heterocycles. The number of nitrogens with two attached hydrogens (primary N) is 1. The lowest BCUT2D eigenvalue weighted by atomic mass is 10.2. The molecule has 0 aromatic carbocycles. The van der Waals surface area contributed by atoms with E-state index in [1.54, 1.807) is 29.3 Å². The van der Waals surface area contributed by atoms with Gasteiger partial charge in [0, 0.05) is 12.7 Å². The van der Waals surface area contributed by atoms with Crippen LogP contribution in [0.1, 0.15) is 10.5 Å². The zero-order valence-corrected chi connectivity index (χ0v) is 10.0. The van der Waals surface area contributed by atoms with E-state index in [9.17, 15) is 4.79 Å². The summed E-state index contributed by atoms with van der Waals surface area (Å²) in [5.41, 5.74) is 5.95. The van der Waals surface area contributed by atoms with Gasteiger partial charge in [-0.15, -0.1) is 0 Å². The molecule has 1 unspecified atom stereocenters.